The van der Waals surface area contributed by atoms with Crippen molar-refractivity contribution in [3.8, 4) is 0 Å². The monoisotopic (exact) mass is 346 g/mol. The van der Waals surface area contributed by atoms with Gasteiger partial charge >= 0.3 is 0 Å². The van der Waals surface area contributed by atoms with Crippen LogP contribution in [0.5, 0.6) is 0 Å². The van der Waals surface area contributed by atoms with E-state index in [1.165, 1.54) is 5.39 Å². The fourth-order valence-corrected chi connectivity index (χ4v) is 3.39. The Hall–Kier alpha value is -2.76. The number of hydrogen-bond acceptors (Lipinski definition) is 4. The van der Waals surface area contributed by atoms with E-state index in [0.717, 1.165) is 33.8 Å². The van der Waals surface area contributed by atoms with E-state index in [1.54, 1.807) is 0 Å². The van der Waals surface area contributed by atoms with Gasteiger partial charge in [0.2, 0.25) is 5.78 Å². The number of aliphatic hydroxyl groups is 1. The Bertz CT molecular complexity index is 1070. The van der Waals surface area contributed by atoms with Gasteiger partial charge in [0, 0.05) is 24.5 Å². The third-order valence-electron chi connectivity index (χ3n) is 4.67. The topological polar surface area (TPSA) is 62.5 Å². The van der Waals surface area contributed by atoms with E-state index in [2.05, 4.69) is 40.4 Å². The summed E-state index contributed by atoms with van der Waals surface area (Å²) in [7, 11) is 0. The maximum Gasteiger partial charge on any atom is 0.234 e. The Kier molecular flexibility index (Phi) is 4.41. The summed E-state index contributed by atoms with van der Waals surface area (Å²) in [6.45, 7) is 5.12. The Morgan fingerprint density at radius 3 is 2.73 bits per heavy atom. The summed E-state index contributed by atoms with van der Waals surface area (Å²) >= 11 is 0. The van der Waals surface area contributed by atoms with Crippen molar-refractivity contribution in [3.05, 3.63) is 77.4 Å². The Balaban J connectivity index is 1.45. The highest BCUT2D eigenvalue weighted by Gasteiger charge is 2.10. The van der Waals surface area contributed by atoms with Gasteiger partial charge in [-0.3, -0.25) is 4.40 Å². The first-order chi connectivity index (χ1) is 12.6. The van der Waals surface area contributed by atoms with Gasteiger partial charge in [-0.05, 0) is 42.3 Å². The zero-order valence-corrected chi connectivity index (χ0v) is 15.0. The minimum absolute atomic E-state index is 0.476. The first-order valence-electron chi connectivity index (χ1n) is 8.80. The first-order valence-corrected chi connectivity index (χ1v) is 8.80. The summed E-state index contributed by atoms with van der Waals surface area (Å²) in [6.07, 6.45) is 1.28. The highest BCUT2D eigenvalue weighted by molar-refractivity contribution is 5.83. The number of aliphatic hydroxyl groups excluding tert-OH is 1. The summed E-state index contributed by atoms with van der Waals surface area (Å²) in [5.74, 6) is 0.717. The lowest BCUT2D eigenvalue weighted by Crippen LogP contribution is -2.22. The quantitative estimate of drug-likeness (QED) is 0.582. The second-order valence-electron chi connectivity index (χ2n) is 6.68. The SMILES string of the molecule is Cc1cc(C)n2c(CNCC(O)c3ccc4ccccc4c3)cnc2n1. The zero-order valence-electron chi connectivity index (χ0n) is 15.0. The molecule has 0 aliphatic carbocycles. The van der Waals surface area contributed by atoms with Crippen molar-refractivity contribution in [1.29, 1.82) is 0 Å². The molecule has 1 unspecified atom stereocenters. The summed E-state index contributed by atoms with van der Waals surface area (Å²) in [5, 5.41) is 16.2. The molecule has 0 bridgehead atoms. The van der Waals surface area contributed by atoms with Crippen LogP contribution in [0.2, 0.25) is 0 Å². The fraction of sp³-hybridized carbons (Fsp3) is 0.238. The molecule has 2 aromatic carbocycles. The largest absolute Gasteiger partial charge is 0.387 e. The van der Waals surface area contributed by atoms with Crippen LogP contribution in [0.15, 0.2) is 54.7 Å². The third kappa shape index (κ3) is 3.19. The van der Waals surface area contributed by atoms with Gasteiger partial charge in [0.25, 0.3) is 0 Å². The molecule has 0 aliphatic rings. The smallest absolute Gasteiger partial charge is 0.234 e. The number of hydrogen-bond donors (Lipinski definition) is 2. The number of benzene rings is 2. The number of imidazole rings is 1. The van der Waals surface area contributed by atoms with Crippen molar-refractivity contribution in [2.24, 2.45) is 0 Å². The van der Waals surface area contributed by atoms with Crippen LogP contribution in [0.3, 0.4) is 0 Å². The van der Waals surface area contributed by atoms with Gasteiger partial charge in [0.05, 0.1) is 18.0 Å². The van der Waals surface area contributed by atoms with Crippen LogP contribution in [0, 0.1) is 13.8 Å². The van der Waals surface area contributed by atoms with Crippen molar-refractivity contribution in [2.75, 3.05) is 6.54 Å². The van der Waals surface area contributed by atoms with Gasteiger partial charge in [-0.2, -0.15) is 0 Å². The van der Waals surface area contributed by atoms with Gasteiger partial charge in [-0.1, -0.05) is 36.4 Å². The van der Waals surface area contributed by atoms with E-state index in [4.69, 9.17) is 0 Å². The van der Waals surface area contributed by atoms with Gasteiger partial charge in [0.1, 0.15) is 0 Å². The van der Waals surface area contributed by atoms with Crippen molar-refractivity contribution >= 4 is 16.6 Å². The predicted molar refractivity (Wildman–Crippen MR) is 103 cm³/mol. The first kappa shape index (κ1) is 16.7. The zero-order chi connectivity index (χ0) is 18.1. The lowest BCUT2D eigenvalue weighted by atomic mass is 10.0. The van der Waals surface area contributed by atoms with Crippen LogP contribution >= 0.6 is 0 Å². The second kappa shape index (κ2) is 6.86. The van der Waals surface area contributed by atoms with E-state index in [0.29, 0.717) is 13.1 Å². The molecule has 26 heavy (non-hydrogen) atoms. The Labute approximate surface area is 152 Å². The molecule has 0 amide bonds. The number of nitrogens with one attached hydrogen (secondary N) is 1. The van der Waals surface area contributed by atoms with E-state index in [-0.39, 0.29) is 0 Å². The number of aromatic nitrogens is 3. The summed E-state index contributed by atoms with van der Waals surface area (Å²) in [5.41, 5.74) is 4.03. The normalized spacial score (nSPS) is 12.7. The summed E-state index contributed by atoms with van der Waals surface area (Å²) < 4.78 is 2.04. The lowest BCUT2D eigenvalue weighted by Gasteiger charge is -2.13. The van der Waals surface area contributed by atoms with Gasteiger partial charge < -0.3 is 10.4 Å². The average Bonchev–Trinajstić information content (AvgIpc) is 3.04. The molecular formula is C21H22N4O. The molecule has 132 valence electrons. The molecule has 0 saturated carbocycles. The van der Waals surface area contributed by atoms with E-state index in [9.17, 15) is 5.11 Å². The molecule has 0 fully saturated rings. The minimum atomic E-state index is -0.555. The van der Waals surface area contributed by atoms with E-state index < -0.39 is 6.10 Å². The molecule has 0 spiro atoms. The van der Waals surface area contributed by atoms with Crippen molar-refractivity contribution in [2.45, 2.75) is 26.5 Å². The van der Waals surface area contributed by atoms with Crippen LogP contribution in [0.4, 0.5) is 0 Å². The molecule has 2 heterocycles. The molecule has 0 radical (unpaired) electrons. The van der Waals surface area contributed by atoms with Crippen molar-refractivity contribution in [3.63, 3.8) is 0 Å². The van der Waals surface area contributed by atoms with Gasteiger partial charge in [-0.25, -0.2) is 9.97 Å². The summed E-state index contributed by atoms with van der Waals surface area (Å²) in [6, 6.07) is 16.3. The molecule has 5 heteroatoms. The molecule has 2 N–H and O–H groups in total. The molecule has 0 aliphatic heterocycles. The number of rotatable bonds is 5. The van der Waals surface area contributed by atoms with Crippen LogP contribution < -0.4 is 5.32 Å². The molecule has 4 aromatic rings. The van der Waals surface area contributed by atoms with Gasteiger partial charge in [0.15, 0.2) is 0 Å². The number of fused-ring (bicyclic) bond motifs is 2. The van der Waals surface area contributed by atoms with E-state index >= 15 is 0 Å². The lowest BCUT2D eigenvalue weighted by molar-refractivity contribution is 0.174. The molecule has 0 saturated heterocycles. The van der Waals surface area contributed by atoms with E-state index in [1.807, 2.05) is 47.9 Å². The Morgan fingerprint density at radius 2 is 1.88 bits per heavy atom. The maximum atomic E-state index is 10.5. The summed E-state index contributed by atoms with van der Waals surface area (Å²) in [4.78, 5) is 8.83. The second-order valence-corrected chi connectivity index (χ2v) is 6.68. The Morgan fingerprint density at radius 1 is 1.08 bits per heavy atom. The molecule has 2 aromatic heterocycles. The number of aryl methyl sites for hydroxylation is 2. The van der Waals surface area contributed by atoms with Crippen LogP contribution in [0.25, 0.3) is 16.6 Å². The third-order valence-corrected chi connectivity index (χ3v) is 4.67. The molecule has 1 atom stereocenters. The van der Waals surface area contributed by atoms with Gasteiger partial charge in [-0.15, -0.1) is 0 Å². The van der Waals surface area contributed by atoms with Crippen LogP contribution in [0.1, 0.15) is 28.7 Å². The predicted octanol–water partition coefficient (Wildman–Crippen LogP) is 3.32. The maximum absolute atomic E-state index is 10.5. The molecule has 4 rings (SSSR count). The van der Waals surface area contributed by atoms with Crippen LogP contribution in [-0.2, 0) is 6.54 Å². The van der Waals surface area contributed by atoms with Crippen molar-refractivity contribution < 1.29 is 5.11 Å². The highest BCUT2D eigenvalue weighted by Crippen LogP contribution is 2.20. The fourth-order valence-electron chi connectivity index (χ4n) is 3.39. The average molecular weight is 346 g/mol. The number of nitrogens with zero attached hydrogens (tertiary/aromatic N) is 3. The van der Waals surface area contributed by atoms with Crippen LogP contribution in [-0.4, -0.2) is 26.0 Å². The molecular weight excluding hydrogens is 324 g/mol. The van der Waals surface area contributed by atoms with Crippen molar-refractivity contribution in [1.82, 2.24) is 19.7 Å². The molecule has 5 nitrogen and oxygen atoms in total. The highest BCUT2D eigenvalue weighted by atomic mass is 16.3. The standard InChI is InChI=1S/C21H22N4O/c1-14-9-15(2)25-19(12-23-21(25)24-14)11-22-13-20(26)18-8-7-16-5-3-4-6-17(16)10-18/h3-10,12,20,22,26H,11,13H2,1-2H3. The minimum Gasteiger partial charge on any atom is -0.387 e.